The molecule has 96 valence electrons. The Labute approximate surface area is 108 Å². The van der Waals surface area contributed by atoms with Crippen molar-refractivity contribution in [2.75, 3.05) is 12.3 Å². The molecule has 2 rings (SSSR count). The summed E-state index contributed by atoms with van der Waals surface area (Å²) in [5, 5.41) is 2.91. The van der Waals surface area contributed by atoms with Crippen molar-refractivity contribution in [3.8, 4) is 0 Å². The van der Waals surface area contributed by atoms with Gasteiger partial charge in [-0.3, -0.25) is 4.79 Å². The minimum atomic E-state index is -0.0221. The third kappa shape index (κ3) is 3.91. The molecule has 0 spiro atoms. The molecule has 1 fully saturated rings. The molecule has 1 aliphatic carbocycles. The van der Waals surface area contributed by atoms with E-state index >= 15 is 0 Å². The largest absolute Gasteiger partial charge is 0.399 e. The van der Waals surface area contributed by atoms with E-state index in [1.165, 1.54) is 19.3 Å². The number of carbonyl (C=O) groups excluding carboxylic acids is 1. The van der Waals surface area contributed by atoms with E-state index in [1.807, 2.05) is 24.3 Å². The van der Waals surface area contributed by atoms with Gasteiger partial charge in [0, 0.05) is 18.3 Å². The lowest BCUT2D eigenvalue weighted by molar-refractivity contribution is -0.116. The summed E-state index contributed by atoms with van der Waals surface area (Å²) in [6.07, 6.45) is 8.51. The maximum Gasteiger partial charge on any atom is 0.243 e. The van der Waals surface area contributed by atoms with Crippen molar-refractivity contribution < 1.29 is 4.79 Å². The molecule has 18 heavy (non-hydrogen) atoms. The van der Waals surface area contributed by atoms with Crippen LogP contribution >= 0.6 is 0 Å². The molecule has 0 saturated heterocycles. The number of rotatable bonds is 5. The highest BCUT2D eigenvalue weighted by molar-refractivity contribution is 5.91. The fraction of sp³-hybridized carbons (Fsp3) is 0.400. The molecular weight excluding hydrogens is 224 g/mol. The lowest BCUT2D eigenvalue weighted by Gasteiger charge is -2.24. The highest BCUT2D eigenvalue weighted by Crippen LogP contribution is 2.28. The molecule has 0 aliphatic heterocycles. The van der Waals surface area contributed by atoms with Crippen LogP contribution in [0.3, 0.4) is 0 Å². The number of anilines is 1. The van der Waals surface area contributed by atoms with E-state index in [0.29, 0.717) is 0 Å². The number of carbonyl (C=O) groups is 1. The predicted octanol–water partition coefficient (Wildman–Crippen LogP) is 2.59. The highest BCUT2D eigenvalue weighted by Gasteiger charge is 2.16. The second kappa shape index (κ2) is 6.24. The molecule has 1 aromatic rings. The Hall–Kier alpha value is -1.77. The molecule has 0 radical (unpaired) electrons. The Kier molecular flexibility index (Phi) is 4.40. The number of amides is 1. The fourth-order valence-corrected chi connectivity index (χ4v) is 2.02. The standard InChI is InChI=1S/C15H20N2O/c16-14-7-4-13(5-8-14)6-9-15(18)17-11-10-12-2-1-3-12/h4-9,12H,1-3,10-11,16H2,(H,17,18)/b9-6+. The van der Waals surface area contributed by atoms with Crippen LogP contribution in [0.15, 0.2) is 30.3 Å². The highest BCUT2D eigenvalue weighted by atomic mass is 16.1. The number of nitrogen functional groups attached to an aromatic ring is 1. The van der Waals surface area contributed by atoms with Gasteiger partial charge < -0.3 is 11.1 Å². The Bertz CT molecular complexity index is 419. The van der Waals surface area contributed by atoms with Crippen LogP contribution in [0.4, 0.5) is 5.69 Å². The maximum atomic E-state index is 11.5. The first-order chi connectivity index (χ1) is 8.74. The van der Waals surface area contributed by atoms with Gasteiger partial charge in [-0.25, -0.2) is 0 Å². The van der Waals surface area contributed by atoms with Crippen LogP contribution in [0.2, 0.25) is 0 Å². The molecule has 3 heteroatoms. The number of benzene rings is 1. The zero-order valence-corrected chi connectivity index (χ0v) is 10.6. The average molecular weight is 244 g/mol. The molecule has 1 aromatic carbocycles. The quantitative estimate of drug-likeness (QED) is 0.618. The molecule has 0 bridgehead atoms. The third-order valence-electron chi connectivity index (χ3n) is 3.44. The van der Waals surface area contributed by atoms with Crippen LogP contribution in [0.1, 0.15) is 31.2 Å². The predicted molar refractivity (Wildman–Crippen MR) is 74.9 cm³/mol. The summed E-state index contributed by atoms with van der Waals surface area (Å²) in [6, 6.07) is 7.45. The molecule has 1 aliphatic rings. The summed E-state index contributed by atoms with van der Waals surface area (Å²) in [7, 11) is 0. The van der Waals surface area contributed by atoms with Crippen LogP contribution in [-0.2, 0) is 4.79 Å². The van der Waals surface area contributed by atoms with E-state index < -0.39 is 0 Å². The number of nitrogens with two attached hydrogens (primary N) is 1. The van der Waals surface area contributed by atoms with Gasteiger partial charge in [0.05, 0.1) is 0 Å². The lowest BCUT2D eigenvalue weighted by Crippen LogP contribution is -2.25. The zero-order chi connectivity index (χ0) is 12.8. The molecule has 3 N–H and O–H groups in total. The number of hydrogen-bond donors (Lipinski definition) is 2. The van der Waals surface area contributed by atoms with Crippen LogP contribution in [0.25, 0.3) is 6.08 Å². The van der Waals surface area contributed by atoms with Gasteiger partial charge >= 0.3 is 0 Å². The van der Waals surface area contributed by atoms with Gasteiger partial charge in [-0.2, -0.15) is 0 Å². The molecule has 3 nitrogen and oxygen atoms in total. The minimum Gasteiger partial charge on any atom is -0.399 e. The van der Waals surface area contributed by atoms with E-state index in [2.05, 4.69) is 5.32 Å². The third-order valence-corrected chi connectivity index (χ3v) is 3.44. The number of nitrogens with one attached hydrogen (secondary N) is 1. The van der Waals surface area contributed by atoms with Crippen molar-refractivity contribution in [2.24, 2.45) is 5.92 Å². The van der Waals surface area contributed by atoms with E-state index in [4.69, 9.17) is 5.73 Å². The second-order valence-corrected chi connectivity index (χ2v) is 4.88. The monoisotopic (exact) mass is 244 g/mol. The van der Waals surface area contributed by atoms with Crippen molar-refractivity contribution in [1.82, 2.24) is 5.32 Å². The van der Waals surface area contributed by atoms with Crippen LogP contribution in [0, 0.1) is 5.92 Å². The van der Waals surface area contributed by atoms with E-state index in [9.17, 15) is 4.79 Å². The Morgan fingerprint density at radius 1 is 1.33 bits per heavy atom. The molecule has 0 unspecified atom stereocenters. The zero-order valence-electron chi connectivity index (χ0n) is 10.6. The first-order valence-electron chi connectivity index (χ1n) is 6.55. The summed E-state index contributed by atoms with van der Waals surface area (Å²) in [4.78, 5) is 11.5. The average Bonchev–Trinajstić information content (AvgIpc) is 2.32. The summed E-state index contributed by atoms with van der Waals surface area (Å²) in [5.74, 6) is 0.817. The number of hydrogen-bond acceptors (Lipinski definition) is 2. The first kappa shape index (κ1) is 12.7. The van der Waals surface area contributed by atoms with E-state index in [-0.39, 0.29) is 5.91 Å². The van der Waals surface area contributed by atoms with Crippen LogP contribution < -0.4 is 11.1 Å². The Balaban J connectivity index is 1.70. The van der Waals surface area contributed by atoms with Gasteiger partial charge in [0.15, 0.2) is 0 Å². The molecule has 0 heterocycles. The normalized spacial score (nSPS) is 15.6. The van der Waals surface area contributed by atoms with E-state index in [0.717, 1.165) is 30.1 Å². The first-order valence-corrected chi connectivity index (χ1v) is 6.55. The van der Waals surface area contributed by atoms with Crippen molar-refractivity contribution in [3.63, 3.8) is 0 Å². The minimum absolute atomic E-state index is 0.0221. The Morgan fingerprint density at radius 3 is 2.67 bits per heavy atom. The van der Waals surface area contributed by atoms with Crippen LogP contribution in [0.5, 0.6) is 0 Å². The summed E-state index contributed by atoms with van der Waals surface area (Å²) >= 11 is 0. The smallest absolute Gasteiger partial charge is 0.243 e. The van der Waals surface area contributed by atoms with Gasteiger partial charge in [0.25, 0.3) is 0 Å². The fourth-order valence-electron chi connectivity index (χ4n) is 2.02. The molecular formula is C15H20N2O. The van der Waals surface area contributed by atoms with Gasteiger partial charge in [-0.15, -0.1) is 0 Å². The molecule has 0 aromatic heterocycles. The molecule has 1 saturated carbocycles. The van der Waals surface area contributed by atoms with Crippen LogP contribution in [-0.4, -0.2) is 12.5 Å². The lowest BCUT2D eigenvalue weighted by atomic mass is 9.83. The van der Waals surface area contributed by atoms with Crippen molar-refractivity contribution >= 4 is 17.7 Å². The van der Waals surface area contributed by atoms with Crippen molar-refractivity contribution in [2.45, 2.75) is 25.7 Å². The topological polar surface area (TPSA) is 55.1 Å². The summed E-state index contributed by atoms with van der Waals surface area (Å²) in [5.41, 5.74) is 7.31. The molecule has 0 atom stereocenters. The molecule has 1 amide bonds. The Morgan fingerprint density at radius 2 is 2.06 bits per heavy atom. The summed E-state index contributed by atoms with van der Waals surface area (Å²) in [6.45, 7) is 0.787. The van der Waals surface area contributed by atoms with Gasteiger partial charge in [0.2, 0.25) is 5.91 Å². The van der Waals surface area contributed by atoms with Gasteiger partial charge in [-0.1, -0.05) is 31.4 Å². The van der Waals surface area contributed by atoms with Gasteiger partial charge in [-0.05, 0) is 36.1 Å². The van der Waals surface area contributed by atoms with Crippen molar-refractivity contribution in [1.29, 1.82) is 0 Å². The SMILES string of the molecule is Nc1ccc(/C=C/C(=O)NCCC2CCC2)cc1. The second-order valence-electron chi connectivity index (χ2n) is 4.88. The maximum absolute atomic E-state index is 11.5. The van der Waals surface area contributed by atoms with E-state index in [1.54, 1.807) is 12.2 Å². The summed E-state index contributed by atoms with van der Waals surface area (Å²) < 4.78 is 0. The van der Waals surface area contributed by atoms with Gasteiger partial charge in [0.1, 0.15) is 0 Å². The van der Waals surface area contributed by atoms with Crippen molar-refractivity contribution in [3.05, 3.63) is 35.9 Å².